The summed E-state index contributed by atoms with van der Waals surface area (Å²) in [7, 11) is 0. The first-order chi connectivity index (χ1) is 21.5. The molecule has 2 atom stereocenters. The van der Waals surface area contributed by atoms with Crippen molar-refractivity contribution in [2.24, 2.45) is 0 Å². The predicted octanol–water partition coefficient (Wildman–Crippen LogP) is 13.4. The molecule has 0 aromatic heterocycles. The van der Waals surface area contributed by atoms with E-state index in [-0.39, 0.29) is 24.8 Å². The van der Waals surface area contributed by atoms with Crippen molar-refractivity contribution in [2.75, 3.05) is 0 Å². The SMILES string of the molecule is CCC1=Cc2c(-c3ccccc3)cccc2[CH]1[Zr]([CH3])(=[SiH2])([CH2]CCC[Si](Cl)(Cl)Cl)[CH]1C(CC)=Cc2c(-c3ccccc3)cccc21.Cl.Cl. The summed E-state index contributed by atoms with van der Waals surface area (Å²) >= 11 is 15.3. The van der Waals surface area contributed by atoms with Crippen molar-refractivity contribution in [1.29, 1.82) is 0 Å². The van der Waals surface area contributed by atoms with E-state index in [1.165, 1.54) is 37.5 Å². The van der Waals surface area contributed by atoms with E-state index in [0.29, 0.717) is 7.25 Å². The minimum Gasteiger partial charge on any atom is -0.147 e. The third-order valence-corrected chi connectivity index (χ3v) is 36.4. The van der Waals surface area contributed by atoms with Crippen molar-refractivity contribution in [3.63, 3.8) is 0 Å². The summed E-state index contributed by atoms with van der Waals surface area (Å²) < 4.78 is 5.02. The molecule has 0 fully saturated rings. The third-order valence-electron chi connectivity index (χ3n) is 10.6. The van der Waals surface area contributed by atoms with Gasteiger partial charge in [-0.15, -0.1) is 24.8 Å². The van der Waals surface area contributed by atoms with E-state index >= 15 is 0 Å². The second-order valence-corrected chi connectivity index (χ2v) is 51.4. The molecule has 0 amide bonds. The molecule has 0 heterocycles. The number of benzene rings is 4. The Morgan fingerprint density at radius 3 is 1.43 bits per heavy atom. The number of hydrogen-bond acceptors (Lipinski definition) is 0. The van der Waals surface area contributed by atoms with E-state index in [0.717, 1.165) is 31.7 Å². The van der Waals surface area contributed by atoms with Gasteiger partial charge in [0.1, 0.15) is 0 Å². The maximum absolute atomic E-state index is 6.42. The number of fused-ring (bicyclic) bond motifs is 2. The van der Waals surface area contributed by atoms with Gasteiger partial charge < -0.3 is 0 Å². The molecule has 0 bridgehead atoms. The van der Waals surface area contributed by atoms with Crippen LogP contribution in [0.1, 0.15) is 69.0 Å². The number of halogens is 5. The van der Waals surface area contributed by atoms with Crippen LogP contribution in [0.15, 0.2) is 108 Å². The molecule has 2 unspecified atom stereocenters. The number of unbranched alkanes of at least 4 members (excludes halogenated alkanes) is 1. The van der Waals surface area contributed by atoms with E-state index in [1.807, 2.05) is 0 Å². The van der Waals surface area contributed by atoms with Crippen LogP contribution in [0.4, 0.5) is 0 Å². The molecule has 0 saturated carbocycles. The fourth-order valence-electron chi connectivity index (χ4n) is 8.73. The second kappa shape index (κ2) is 15.6. The molecular formula is C39H45Cl5Si2Zr. The summed E-state index contributed by atoms with van der Waals surface area (Å²) in [6.45, 7) is 7.22. The molecule has 8 heteroatoms. The van der Waals surface area contributed by atoms with E-state index in [2.05, 4.69) is 135 Å². The Kier molecular flexibility index (Phi) is 12.9. The van der Waals surface area contributed by atoms with Gasteiger partial charge in [-0.1, -0.05) is 0 Å². The summed E-state index contributed by atoms with van der Waals surface area (Å²) in [5, 5.41) is 0. The molecule has 248 valence electrons. The largest absolute Gasteiger partial charge is 0.147 e. The van der Waals surface area contributed by atoms with Crippen LogP contribution in [-0.2, 0) is 17.4 Å². The van der Waals surface area contributed by atoms with Gasteiger partial charge >= 0.3 is 290 Å². The Labute approximate surface area is 311 Å². The first kappa shape index (κ1) is 38.9. The van der Waals surface area contributed by atoms with Crippen molar-refractivity contribution in [2.45, 2.75) is 61.6 Å². The maximum atomic E-state index is 6.42. The average molecular weight is 838 g/mol. The van der Waals surface area contributed by atoms with Crippen LogP contribution in [0, 0.1) is 0 Å². The predicted molar refractivity (Wildman–Crippen MR) is 217 cm³/mol. The molecule has 0 saturated heterocycles. The van der Waals surface area contributed by atoms with Crippen molar-refractivity contribution in [3.8, 4) is 22.3 Å². The number of rotatable bonds is 11. The van der Waals surface area contributed by atoms with Gasteiger partial charge in [0.2, 0.25) is 0 Å². The van der Waals surface area contributed by atoms with Crippen LogP contribution in [-0.4, -0.2) is 12.9 Å². The maximum Gasteiger partial charge on any atom is -0.147 e. The summed E-state index contributed by atoms with van der Waals surface area (Å²) in [5.74, 6) is 0. The van der Waals surface area contributed by atoms with E-state index in [1.54, 1.807) is 22.3 Å². The van der Waals surface area contributed by atoms with Crippen LogP contribution in [0.2, 0.25) is 14.8 Å². The molecule has 4 aromatic rings. The summed E-state index contributed by atoms with van der Waals surface area (Å²) in [6.07, 6.45) is 9.40. The molecule has 0 spiro atoms. The molecule has 2 aliphatic rings. The van der Waals surface area contributed by atoms with Crippen LogP contribution >= 0.6 is 58.1 Å². The van der Waals surface area contributed by atoms with Crippen molar-refractivity contribution in [1.82, 2.24) is 0 Å². The third kappa shape index (κ3) is 7.59. The Balaban J connectivity index is 0.00000250. The molecule has 0 nitrogen and oxygen atoms in total. The van der Waals surface area contributed by atoms with E-state index in [9.17, 15) is 0 Å². The number of allylic oxidation sites excluding steroid dienone is 2. The van der Waals surface area contributed by atoms with Gasteiger partial charge in [-0.2, -0.15) is 0 Å². The van der Waals surface area contributed by atoms with Gasteiger partial charge in [0, 0.05) is 0 Å². The van der Waals surface area contributed by atoms with Gasteiger partial charge in [-0.3, -0.25) is 0 Å². The molecule has 0 N–H and O–H groups in total. The molecule has 6 rings (SSSR count). The standard InChI is InChI=1S/2C17H15.C4H8Cl3Si.CH3.2ClH.H2Si.Zr/c2*1-2-13-11-15-9-6-10-16(17(15)12-13)14-7-4-3-5-8-14;1-2-3-4-8(5,6)7;;;;;/h2*3-12H,2H2,1H3;1-4H2;1H3;2*1H;1H2;. The number of hydrogen-bond donors (Lipinski definition) is 0. The monoisotopic (exact) mass is 834 g/mol. The molecule has 0 aliphatic heterocycles. The molecule has 2 aliphatic carbocycles. The summed E-state index contributed by atoms with van der Waals surface area (Å²) in [6, 6.07) is 34.1. The minimum absolute atomic E-state index is 0. The van der Waals surface area contributed by atoms with Crippen molar-refractivity contribution in [3.05, 3.63) is 130 Å². The molecular weight excluding hydrogens is 793 g/mol. The normalized spacial score (nSPS) is 17.2. The van der Waals surface area contributed by atoms with E-state index in [4.69, 9.17) is 33.2 Å². The van der Waals surface area contributed by atoms with Gasteiger partial charge in [0.25, 0.3) is 0 Å². The van der Waals surface area contributed by atoms with Crippen LogP contribution in [0.3, 0.4) is 0 Å². The Bertz CT molecular complexity index is 1730. The quantitative estimate of drug-likeness (QED) is 0.0802. The fraction of sp³-hybridized carbons (Fsp3) is 0.282. The molecule has 4 aromatic carbocycles. The average Bonchev–Trinajstić information content (AvgIpc) is 3.64. The van der Waals surface area contributed by atoms with Crippen molar-refractivity contribution < 1.29 is 17.4 Å². The summed E-state index contributed by atoms with van der Waals surface area (Å²) in [5.41, 5.74) is 14.5. The fourth-order valence-corrected chi connectivity index (χ4v) is 35.8. The zero-order valence-corrected chi connectivity index (χ0v) is 36.2. The minimum atomic E-state index is -3.92. The summed E-state index contributed by atoms with van der Waals surface area (Å²) in [4.78, 5) is 0. The van der Waals surface area contributed by atoms with Gasteiger partial charge in [0.05, 0.1) is 0 Å². The van der Waals surface area contributed by atoms with Gasteiger partial charge in [-0.05, 0) is 0 Å². The Morgan fingerprint density at radius 2 is 1.04 bits per heavy atom. The van der Waals surface area contributed by atoms with Gasteiger partial charge in [0.15, 0.2) is 0 Å². The van der Waals surface area contributed by atoms with Gasteiger partial charge in [-0.25, -0.2) is 0 Å². The Hall–Kier alpha value is -0.873. The topological polar surface area (TPSA) is 0 Å². The Morgan fingerprint density at radius 1 is 0.617 bits per heavy atom. The van der Waals surface area contributed by atoms with Crippen LogP contribution in [0.5, 0.6) is 0 Å². The molecule has 0 radical (unpaired) electrons. The van der Waals surface area contributed by atoms with Crippen LogP contribution < -0.4 is 0 Å². The van der Waals surface area contributed by atoms with E-state index < -0.39 is 23.4 Å². The molecule has 47 heavy (non-hydrogen) atoms. The zero-order chi connectivity index (χ0) is 31.8. The van der Waals surface area contributed by atoms with Crippen molar-refractivity contribution >= 4 is 83.1 Å². The smallest absolute Gasteiger partial charge is 0.147 e. The second-order valence-electron chi connectivity index (χ2n) is 13.7. The first-order valence-electron chi connectivity index (χ1n) is 16.4. The zero-order valence-electron chi connectivity index (χ0n) is 27.4. The first-order valence-corrected chi connectivity index (χ1v) is 34.6. The van der Waals surface area contributed by atoms with Crippen LogP contribution in [0.25, 0.3) is 34.4 Å².